The fraction of sp³-hybridized carbons (Fsp3) is 0. The van der Waals surface area contributed by atoms with Crippen LogP contribution in [0.4, 0.5) is 21.5 Å². The van der Waals surface area contributed by atoms with E-state index in [1.807, 2.05) is 12.1 Å². The summed E-state index contributed by atoms with van der Waals surface area (Å²) in [7, 11) is 0. The Bertz CT molecular complexity index is 3190. The number of aromatic nitrogens is 1. The Morgan fingerprint density at radius 1 is 0.455 bits per heavy atom. The molecular formula is C50H31FN2OS. The number of furan rings is 1. The second kappa shape index (κ2) is 12.6. The first-order valence-electron chi connectivity index (χ1n) is 18.4. The molecule has 0 fully saturated rings. The van der Waals surface area contributed by atoms with Crippen LogP contribution in [0, 0.1) is 5.82 Å². The van der Waals surface area contributed by atoms with E-state index in [2.05, 4.69) is 173 Å². The largest absolute Gasteiger partial charge is 0.454 e. The summed E-state index contributed by atoms with van der Waals surface area (Å²) in [6, 6.07) is 64.8. The lowest BCUT2D eigenvalue weighted by Gasteiger charge is -2.26. The fourth-order valence-corrected chi connectivity index (χ4v) is 9.20. The molecule has 0 bridgehead atoms. The summed E-state index contributed by atoms with van der Waals surface area (Å²) in [6.07, 6.45) is 0. The fourth-order valence-electron chi connectivity index (χ4n) is 8.04. The summed E-state index contributed by atoms with van der Waals surface area (Å²) in [4.78, 5) is 2.29. The van der Waals surface area contributed by atoms with Crippen LogP contribution < -0.4 is 4.90 Å². The second-order valence-corrected chi connectivity index (χ2v) is 14.9. The van der Waals surface area contributed by atoms with Crippen molar-refractivity contribution in [3.05, 3.63) is 194 Å². The molecule has 0 aliphatic heterocycles. The number of hydrogen-bond donors (Lipinski definition) is 0. The summed E-state index contributed by atoms with van der Waals surface area (Å²) in [6.45, 7) is 0. The lowest BCUT2D eigenvalue weighted by atomic mass is 10.0. The third-order valence-corrected chi connectivity index (χ3v) is 11.9. The van der Waals surface area contributed by atoms with Gasteiger partial charge in [0.1, 0.15) is 11.4 Å². The summed E-state index contributed by atoms with van der Waals surface area (Å²) in [5.41, 5.74) is 12.8. The van der Waals surface area contributed by atoms with Gasteiger partial charge in [0.2, 0.25) is 0 Å². The van der Waals surface area contributed by atoms with Crippen LogP contribution in [0.25, 0.3) is 81.1 Å². The average molecular weight is 727 g/mol. The van der Waals surface area contributed by atoms with Gasteiger partial charge in [0.05, 0.1) is 15.7 Å². The molecule has 0 aliphatic carbocycles. The van der Waals surface area contributed by atoms with Gasteiger partial charge in [-0.15, -0.1) is 11.3 Å². The van der Waals surface area contributed by atoms with E-state index in [9.17, 15) is 4.39 Å². The quantitative estimate of drug-likeness (QED) is 0.170. The van der Waals surface area contributed by atoms with Gasteiger partial charge in [0.25, 0.3) is 0 Å². The highest BCUT2D eigenvalue weighted by atomic mass is 32.1. The Balaban J connectivity index is 0.933. The van der Waals surface area contributed by atoms with Gasteiger partial charge in [-0.2, -0.15) is 0 Å². The predicted molar refractivity (Wildman–Crippen MR) is 229 cm³/mol. The van der Waals surface area contributed by atoms with Crippen LogP contribution in [0.1, 0.15) is 0 Å². The maximum Gasteiger partial charge on any atom is 0.154 e. The van der Waals surface area contributed by atoms with E-state index in [4.69, 9.17) is 4.42 Å². The molecule has 11 rings (SSSR count). The number of anilines is 3. The standard InChI is InChI=1S/C50H31FN2OS/c51-36-20-26-40(27-21-36)53-45-12-6-4-10-41(45)44-30-34(19-29-46(44)53)32-14-22-38(23-15-32)52(37-8-2-1-3-9-37)39-24-16-33(17-25-39)35-18-28-42-47(31-35)54-49-43-11-5-7-13-48(43)55-50(42)49/h1-31H. The van der Waals surface area contributed by atoms with E-state index < -0.39 is 0 Å². The Morgan fingerprint density at radius 2 is 1.04 bits per heavy atom. The highest BCUT2D eigenvalue weighted by molar-refractivity contribution is 7.26. The zero-order chi connectivity index (χ0) is 36.5. The molecule has 0 atom stereocenters. The number of hydrogen-bond acceptors (Lipinski definition) is 3. The molecule has 3 nitrogen and oxygen atoms in total. The first-order chi connectivity index (χ1) is 27.2. The zero-order valence-corrected chi connectivity index (χ0v) is 30.3. The van der Waals surface area contributed by atoms with Gasteiger partial charge >= 0.3 is 0 Å². The first kappa shape index (κ1) is 31.6. The number of thiophene rings is 1. The van der Waals surface area contributed by atoms with Crippen molar-refractivity contribution >= 4 is 81.5 Å². The van der Waals surface area contributed by atoms with Crippen molar-refractivity contribution in [2.45, 2.75) is 0 Å². The van der Waals surface area contributed by atoms with Crippen LogP contribution >= 0.6 is 11.3 Å². The van der Waals surface area contributed by atoms with Crippen LogP contribution in [0.3, 0.4) is 0 Å². The van der Waals surface area contributed by atoms with Gasteiger partial charge in [-0.3, -0.25) is 0 Å². The monoisotopic (exact) mass is 726 g/mol. The predicted octanol–water partition coefficient (Wildman–Crippen LogP) is 14.8. The number of benzene rings is 8. The smallest absolute Gasteiger partial charge is 0.154 e. The molecule has 0 radical (unpaired) electrons. The SMILES string of the molecule is Fc1ccc(-n2c3ccccc3c3cc(-c4ccc(N(c5ccccc5)c5ccc(-c6ccc7c(c6)oc6c8ccccc8sc76)cc5)cc4)ccc32)cc1. The number of rotatable bonds is 6. The number of nitrogens with zero attached hydrogens (tertiary/aromatic N) is 2. The van der Waals surface area contributed by atoms with Gasteiger partial charge < -0.3 is 13.9 Å². The molecule has 5 heteroatoms. The minimum atomic E-state index is -0.240. The normalized spacial score (nSPS) is 11.7. The lowest BCUT2D eigenvalue weighted by Crippen LogP contribution is -2.09. The highest BCUT2D eigenvalue weighted by Gasteiger charge is 2.17. The summed E-state index contributed by atoms with van der Waals surface area (Å²) in [5, 5.41) is 4.65. The van der Waals surface area contributed by atoms with Crippen molar-refractivity contribution in [3.8, 4) is 27.9 Å². The molecule has 11 aromatic rings. The maximum absolute atomic E-state index is 13.8. The molecule has 3 heterocycles. The van der Waals surface area contributed by atoms with E-state index in [1.165, 1.54) is 26.9 Å². The van der Waals surface area contributed by atoms with Crippen LogP contribution in [0.15, 0.2) is 192 Å². The van der Waals surface area contributed by atoms with E-state index in [-0.39, 0.29) is 5.82 Å². The Hall–Kier alpha value is -6.95. The van der Waals surface area contributed by atoms with Crippen molar-refractivity contribution in [2.24, 2.45) is 0 Å². The minimum absolute atomic E-state index is 0.240. The van der Waals surface area contributed by atoms with Crippen molar-refractivity contribution < 1.29 is 8.81 Å². The number of para-hydroxylation sites is 2. The number of halogens is 1. The van der Waals surface area contributed by atoms with Gasteiger partial charge in [-0.1, -0.05) is 84.9 Å². The molecule has 0 N–H and O–H groups in total. The lowest BCUT2D eigenvalue weighted by molar-refractivity contribution is 0.627. The third-order valence-electron chi connectivity index (χ3n) is 10.7. The topological polar surface area (TPSA) is 21.3 Å². The van der Waals surface area contributed by atoms with Gasteiger partial charge in [0.15, 0.2) is 5.58 Å². The molecule has 55 heavy (non-hydrogen) atoms. The average Bonchev–Trinajstić information content (AvgIpc) is 3.90. The van der Waals surface area contributed by atoms with E-state index in [1.54, 1.807) is 11.3 Å². The highest BCUT2D eigenvalue weighted by Crippen LogP contribution is 2.43. The van der Waals surface area contributed by atoms with Gasteiger partial charge in [-0.05, 0) is 125 Å². The minimum Gasteiger partial charge on any atom is -0.454 e. The second-order valence-electron chi connectivity index (χ2n) is 13.9. The molecule has 0 aliphatic rings. The molecule has 0 spiro atoms. The Labute approximate surface area is 320 Å². The van der Waals surface area contributed by atoms with Crippen LogP contribution in [0.5, 0.6) is 0 Å². The first-order valence-corrected chi connectivity index (χ1v) is 19.2. The molecule has 0 saturated carbocycles. The summed E-state index contributed by atoms with van der Waals surface area (Å²) >= 11 is 1.79. The Morgan fingerprint density at radius 3 is 1.78 bits per heavy atom. The van der Waals surface area contributed by atoms with Gasteiger partial charge in [-0.25, -0.2) is 4.39 Å². The van der Waals surface area contributed by atoms with Crippen molar-refractivity contribution in [1.82, 2.24) is 4.57 Å². The molecule has 0 saturated heterocycles. The van der Waals surface area contributed by atoms with E-state index in [0.717, 1.165) is 83.4 Å². The molecule has 0 unspecified atom stereocenters. The Kier molecular flexibility index (Phi) is 7.22. The van der Waals surface area contributed by atoms with Crippen LogP contribution in [-0.2, 0) is 0 Å². The van der Waals surface area contributed by atoms with Gasteiger partial charge in [0, 0.05) is 49.0 Å². The van der Waals surface area contributed by atoms with E-state index in [0.29, 0.717) is 0 Å². The van der Waals surface area contributed by atoms with Crippen LogP contribution in [0.2, 0.25) is 0 Å². The van der Waals surface area contributed by atoms with Crippen molar-refractivity contribution in [2.75, 3.05) is 4.90 Å². The molecule has 260 valence electrons. The number of fused-ring (bicyclic) bond motifs is 8. The van der Waals surface area contributed by atoms with Crippen molar-refractivity contribution in [3.63, 3.8) is 0 Å². The summed E-state index contributed by atoms with van der Waals surface area (Å²) in [5.74, 6) is -0.240. The molecule has 8 aromatic carbocycles. The van der Waals surface area contributed by atoms with Crippen LogP contribution in [-0.4, -0.2) is 4.57 Å². The molecule has 0 amide bonds. The molecular weight excluding hydrogens is 696 g/mol. The van der Waals surface area contributed by atoms with E-state index >= 15 is 0 Å². The summed E-state index contributed by atoms with van der Waals surface area (Å²) < 4.78 is 24.9. The maximum atomic E-state index is 13.8. The molecule has 3 aromatic heterocycles. The zero-order valence-electron chi connectivity index (χ0n) is 29.5. The third kappa shape index (κ3) is 5.24. The van der Waals surface area contributed by atoms with Crippen molar-refractivity contribution in [1.29, 1.82) is 0 Å².